The molecule has 2 aromatic heterocycles. The second-order valence-corrected chi connectivity index (χ2v) is 6.14. The molecule has 7 nitrogen and oxygen atoms in total. The number of carbonyl (C=O) groups excluding carboxylic acids is 1. The van der Waals surface area contributed by atoms with Crippen molar-refractivity contribution in [2.45, 2.75) is 26.8 Å². The average molecular weight is 317 g/mol. The van der Waals surface area contributed by atoms with Crippen LogP contribution in [0.1, 0.15) is 26.0 Å². The third kappa shape index (κ3) is 5.37. The van der Waals surface area contributed by atoms with Crippen LogP contribution in [0, 0.1) is 5.41 Å². The number of aliphatic hydroxyl groups is 1. The van der Waals surface area contributed by atoms with Crippen LogP contribution in [0.2, 0.25) is 0 Å². The van der Waals surface area contributed by atoms with E-state index < -0.39 is 0 Å². The fourth-order valence-electron chi connectivity index (χ4n) is 2.08. The molecule has 0 unspecified atom stereocenters. The lowest BCUT2D eigenvalue weighted by atomic mass is 9.90. The zero-order chi connectivity index (χ0) is 16.7. The molecule has 0 aliphatic rings. The van der Waals surface area contributed by atoms with E-state index >= 15 is 0 Å². The Hall–Kier alpha value is -2.41. The Morgan fingerprint density at radius 1 is 1.30 bits per heavy atom. The van der Waals surface area contributed by atoms with Crippen molar-refractivity contribution >= 4 is 11.8 Å². The monoisotopic (exact) mass is 317 g/mol. The summed E-state index contributed by atoms with van der Waals surface area (Å²) in [7, 11) is 0. The molecule has 2 amide bonds. The number of hydrogen-bond donors (Lipinski definition) is 3. The van der Waals surface area contributed by atoms with Gasteiger partial charge >= 0.3 is 6.03 Å². The van der Waals surface area contributed by atoms with Crippen molar-refractivity contribution in [3.63, 3.8) is 0 Å². The second-order valence-electron chi connectivity index (χ2n) is 6.14. The van der Waals surface area contributed by atoms with Gasteiger partial charge in [0.2, 0.25) is 0 Å². The summed E-state index contributed by atoms with van der Waals surface area (Å²) in [5, 5.41) is 18.8. The molecule has 0 aliphatic carbocycles. The second kappa shape index (κ2) is 7.73. The lowest BCUT2D eigenvalue weighted by Gasteiger charge is -2.23. The number of carbonyl (C=O) groups is 1. The zero-order valence-corrected chi connectivity index (χ0v) is 13.5. The standard InChI is InChI=1S/C16H23N5O2/c1-16(2,7-10-22)12-18-15(23)20-14-6-9-19-21(14)11-13-5-3-4-8-17-13/h3-6,8-9,22H,7,10-12H2,1-2H3,(H2,18,20,23). The van der Waals surface area contributed by atoms with Crippen molar-refractivity contribution < 1.29 is 9.90 Å². The predicted octanol–water partition coefficient (Wildman–Crippen LogP) is 1.86. The van der Waals surface area contributed by atoms with Crippen LogP contribution in [0.5, 0.6) is 0 Å². The molecule has 3 N–H and O–H groups in total. The van der Waals surface area contributed by atoms with Gasteiger partial charge in [0.25, 0.3) is 0 Å². The summed E-state index contributed by atoms with van der Waals surface area (Å²) in [6, 6.07) is 7.12. The molecule has 0 atom stereocenters. The van der Waals surface area contributed by atoms with Gasteiger partial charge in [-0.05, 0) is 24.0 Å². The van der Waals surface area contributed by atoms with Crippen LogP contribution in [0.15, 0.2) is 36.7 Å². The van der Waals surface area contributed by atoms with Gasteiger partial charge in [-0.2, -0.15) is 5.10 Å². The quantitative estimate of drug-likeness (QED) is 0.727. The molecular weight excluding hydrogens is 294 g/mol. The average Bonchev–Trinajstić information content (AvgIpc) is 2.93. The highest BCUT2D eigenvalue weighted by Crippen LogP contribution is 2.18. The highest BCUT2D eigenvalue weighted by Gasteiger charge is 2.18. The van der Waals surface area contributed by atoms with Crippen molar-refractivity contribution in [3.8, 4) is 0 Å². The summed E-state index contributed by atoms with van der Waals surface area (Å²) in [5.74, 6) is 0.605. The van der Waals surface area contributed by atoms with Gasteiger partial charge in [0.1, 0.15) is 5.82 Å². The van der Waals surface area contributed by atoms with Gasteiger partial charge in [0, 0.05) is 25.4 Å². The fourth-order valence-corrected chi connectivity index (χ4v) is 2.08. The van der Waals surface area contributed by atoms with Crippen molar-refractivity contribution in [1.82, 2.24) is 20.1 Å². The van der Waals surface area contributed by atoms with E-state index in [-0.39, 0.29) is 18.1 Å². The first-order valence-electron chi connectivity index (χ1n) is 7.58. The number of nitrogens with one attached hydrogen (secondary N) is 2. The molecule has 2 aromatic rings. The maximum atomic E-state index is 12.0. The highest BCUT2D eigenvalue weighted by molar-refractivity contribution is 5.88. The van der Waals surface area contributed by atoms with E-state index in [1.54, 1.807) is 23.1 Å². The minimum absolute atomic E-state index is 0.104. The molecule has 0 aliphatic heterocycles. The summed E-state index contributed by atoms with van der Waals surface area (Å²) in [6.45, 7) is 5.06. The van der Waals surface area contributed by atoms with Crippen LogP contribution in [0.25, 0.3) is 0 Å². The Morgan fingerprint density at radius 2 is 2.13 bits per heavy atom. The number of pyridine rings is 1. The molecule has 2 rings (SSSR count). The van der Waals surface area contributed by atoms with Crippen LogP contribution in [0.3, 0.4) is 0 Å². The van der Waals surface area contributed by atoms with Gasteiger partial charge < -0.3 is 10.4 Å². The number of hydrogen-bond acceptors (Lipinski definition) is 4. The highest BCUT2D eigenvalue weighted by atomic mass is 16.3. The maximum Gasteiger partial charge on any atom is 0.320 e. The van der Waals surface area contributed by atoms with Crippen LogP contribution >= 0.6 is 0 Å². The van der Waals surface area contributed by atoms with Gasteiger partial charge in [-0.25, -0.2) is 9.48 Å². The molecule has 7 heteroatoms. The largest absolute Gasteiger partial charge is 0.396 e. The normalized spacial score (nSPS) is 11.3. The zero-order valence-electron chi connectivity index (χ0n) is 13.5. The topological polar surface area (TPSA) is 92.1 Å². The molecule has 0 fully saturated rings. The van der Waals surface area contributed by atoms with Crippen molar-refractivity contribution in [2.24, 2.45) is 5.41 Å². The van der Waals surface area contributed by atoms with Crippen LogP contribution in [-0.2, 0) is 6.54 Å². The van der Waals surface area contributed by atoms with E-state index in [1.807, 2.05) is 32.0 Å². The van der Waals surface area contributed by atoms with Crippen LogP contribution in [-0.4, -0.2) is 39.1 Å². The number of amides is 2. The minimum atomic E-state index is -0.293. The molecule has 0 saturated carbocycles. The lowest BCUT2D eigenvalue weighted by molar-refractivity contribution is 0.204. The Bertz CT molecular complexity index is 624. The van der Waals surface area contributed by atoms with Gasteiger partial charge in [0.05, 0.1) is 18.4 Å². The smallest absolute Gasteiger partial charge is 0.320 e. The first-order chi connectivity index (χ1) is 11.0. The van der Waals surface area contributed by atoms with Crippen LogP contribution in [0.4, 0.5) is 10.6 Å². The van der Waals surface area contributed by atoms with E-state index in [4.69, 9.17) is 5.11 Å². The lowest BCUT2D eigenvalue weighted by Crippen LogP contribution is -2.37. The minimum Gasteiger partial charge on any atom is -0.396 e. The molecule has 0 radical (unpaired) electrons. The maximum absolute atomic E-state index is 12.0. The van der Waals surface area contributed by atoms with E-state index in [2.05, 4.69) is 20.7 Å². The molecule has 23 heavy (non-hydrogen) atoms. The number of rotatable bonds is 7. The Labute approximate surface area is 135 Å². The number of urea groups is 1. The molecule has 124 valence electrons. The van der Waals surface area contributed by atoms with Crippen molar-refractivity contribution in [3.05, 3.63) is 42.4 Å². The molecule has 0 aromatic carbocycles. The molecule has 2 heterocycles. The summed E-state index contributed by atoms with van der Waals surface area (Å²) < 4.78 is 1.68. The summed E-state index contributed by atoms with van der Waals surface area (Å²) in [6.07, 6.45) is 3.99. The van der Waals surface area contributed by atoms with E-state index in [0.29, 0.717) is 25.3 Å². The summed E-state index contributed by atoms with van der Waals surface area (Å²) >= 11 is 0. The number of aromatic nitrogens is 3. The Kier molecular flexibility index (Phi) is 5.70. The van der Waals surface area contributed by atoms with Crippen molar-refractivity contribution in [1.29, 1.82) is 0 Å². The number of aliphatic hydroxyl groups excluding tert-OH is 1. The van der Waals surface area contributed by atoms with E-state index in [1.165, 1.54) is 0 Å². The number of nitrogens with zero attached hydrogens (tertiary/aromatic N) is 3. The third-order valence-electron chi connectivity index (χ3n) is 3.51. The predicted molar refractivity (Wildman–Crippen MR) is 88.1 cm³/mol. The molecule has 0 spiro atoms. The van der Waals surface area contributed by atoms with Gasteiger partial charge in [-0.15, -0.1) is 0 Å². The molecule has 0 bridgehead atoms. The third-order valence-corrected chi connectivity index (χ3v) is 3.51. The summed E-state index contributed by atoms with van der Waals surface area (Å²) in [4.78, 5) is 16.3. The number of anilines is 1. The van der Waals surface area contributed by atoms with E-state index in [9.17, 15) is 4.79 Å². The first kappa shape index (κ1) is 17.0. The van der Waals surface area contributed by atoms with E-state index in [0.717, 1.165) is 5.69 Å². The first-order valence-corrected chi connectivity index (χ1v) is 7.58. The molecule has 0 saturated heterocycles. The summed E-state index contributed by atoms with van der Waals surface area (Å²) in [5.41, 5.74) is 0.712. The van der Waals surface area contributed by atoms with Crippen molar-refractivity contribution in [2.75, 3.05) is 18.5 Å². The van der Waals surface area contributed by atoms with Crippen LogP contribution < -0.4 is 10.6 Å². The van der Waals surface area contributed by atoms with Gasteiger partial charge in [0.15, 0.2) is 0 Å². The van der Waals surface area contributed by atoms with Gasteiger partial charge in [-0.3, -0.25) is 10.3 Å². The fraction of sp³-hybridized carbons (Fsp3) is 0.438. The molecular formula is C16H23N5O2. The Balaban J connectivity index is 1.91. The SMILES string of the molecule is CC(C)(CCO)CNC(=O)Nc1ccnn1Cc1ccccn1. The van der Waals surface area contributed by atoms with Gasteiger partial charge in [-0.1, -0.05) is 19.9 Å². The Morgan fingerprint density at radius 3 is 2.83 bits per heavy atom.